The summed E-state index contributed by atoms with van der Waals surface area (Å²) in [5.74, 6) is -1.81. The molecular weight excluding hydrogens is 416 g/mol. The number of rotatable bonds is 6. The van der Waals surface area contributed by atoms with Crippen LogP contribution < -0.4 is 10.2 Å². The first-order chi connectivity index (χ1) is 15.3. The number of halogens is 2. The first-order valence-corrected chi connectivity index (χ1v) is 11.6. The van der Waals surface area contributed by atoms with E-state index in [0.717, 1.165) is 22.5 Å². The molecule has 0 unspecified atom stereocenters. The summed E-state index contributed by atoms with van der Waals surface area (Å²) in [7, 11) is 11.4. The van der Waals surface area contributed by atoms with Crippen molar-refractivity contribution < 1.29 is 8.78 Å². The second-order valence-electron chi connectivity index (χ2n) is 6.27. The Bertz CT molecular complexity index is 989. The van der Waals surface area contributed by atoms with Gasteiger partial charge in [-0.2, -0.15) is 11.3 Å². The minimum absolute atomic E-state index is 0.148. The molecule has 1 aromatic heterocycles. The standard InChI is InChI=1S/C23H20B2F2S.2C2H6/c1-5-7-8-14(3)16(6-2)10-9-15(4)17-11-12-18(22(27)21(17)26)20-13-19(24)23(25)28-20;2*1-2/h5-13H,2H2,1,3-4H3;2*1-2H3/b7-5-,14-8+,15-9+,16-10+;;. The van der Waals surface area contributed by atoms with Crippen molar-refractivity contribution in [3.63, 3.8) is 0 Å². The van der Waals surface area contributed by atoms with Crippen molar-refractivity contribution in [3.05, 3.63) is 89.6 Å². The average Bonchev–Trinajstić information content (AvgIpc) is 3.14. The summed E-state index contributed by atoms with van der Waals surface area (Å²) in [5, 5.41) is 0. The monoisotopic (exact) mass is 448 g/mol. The first-order valence-electron chi connectivity index (χ1n) is 10.7. The van der Waals surface area contributed by atoms with E-state index < -0.39 is 11.6 Å². The van der Waals surface area contributed by atoms with Gasteiger partial charge in [0.15, 0.2) is 11.6 Å². The summed E-state index contributed by atoms with van der Waals surface area (Å²) in [5.41, 5.74) is 3.24. The molecule has 0 amide bonds. The maximum Gasteiger partial charge on any atom is 0.168 e. The maximum atomic E-state index is 14.7. The number of thiophene rings is 1. The Labute approximate surface area is 200 Å². The Morgan fingerprint density at radius 2 is 1.59 bits per heavy atom. The smallest absolute Gasteiger partial charge is 0.168 e. The van der Waals surface area contributed by atoms with Crippen LogP contribution in [0.25, 0.3) is 16.0 Å². The quantitative estimate of drug-likeness (QED) is 0.320. The van der Waals surface area contributed by atoms with Crippen LogP contribution in [0.3, 0.4) is 0 Å². The fourth-order valence-corrected chi connectivity index (χ4v) is 3.47. The molecule has 0 bridgehead atoms. The average molecular weight is 448 g/mol. The van der Waals surface area contributed by atoms with E-state index in [0.29, 0.717) is 20.7 Å². The molecule has 32 heavy (non-hydrogen) atoms. The van der Waals surface area contributed by atoms with Crippen LogP contribution in [-0.2, 0) is 0 Å². The van der Waals surface area contributed by atoms with Gasteiger partial charge < -0.3 is 0 Å². The van der Waals surface area contributed by atoms with Crippen molar-refractivity contribution in [2.75, 3.05) is 0 Å². The van der Waals surface area contributed by atoms with Crippen LogP contribution in [0.15, 0.2) is 72.4 Å². The molecule has 0 fully saturated rings. The Morgan fingerprint density at radius 3 is 2.09 bits per heavy atom. The molecule has 5 heteroatoms. The van der Waals surface area contributed by atoms with Crippen molar-refractivity contribution in [1.82, 2.24) is 0 Å². The highest BCUT2D eigenvalue weighted by Crippen LogP contribution is 2.31. The third-order valence-corrected chi connectivity index (χ3v) is 5.30. The predicted molar refractivity (Wildman–Crippen MR) is 144 cm³/mol. The van der Waals surface area contributed by atoms with E-state index in [-0.39, 0.29) is 11.1 Å². The zero-order valence-corrected chi connectivity index (χ0v) is 21.0. The van der Waals surface area contributed by atoms with Crippen molar-refractivity contribution in [1.29, 1.82) is 0 Å². The Hall–Kier alpha value is -2.39. The minimum atomic E-state index is -0.913. The molecule has 0 aliphatic carbocycles. The van der Waals surface area contributed by atoms with Crippen LogP contribution in [0, 0.1) is 11.6 Å². The van der Waals surface area contributed by atoms with E-state index in [1.54, 1.807) is 37.3 Å². The lowest BCUT2D eigenvalue weighted by Gasteiger charge is -2.08. The van der Waals surface area contributed by atoms with Crippen molar-refractivity contribution in [2.45, 2.75) is 48.5 Å². The fourth-order valence-electron chi connectivity index (χ4n) is 2.60. The normalized spacial score (nSPS) is 12.1. The molecule has 0 saturated heterocycles. The van der Waals surface area contributed by atoms with Crippen molar-refractivity contribution in [2.24, 2.45) is 0 Å². The van der Waals surface area contributed by atoms with E-state index in [2.05, 4.69) is 6.58 Å². The van der Waals surface area contributed by atoms with Crippen LogP contribution >= 0.6 is 11.3 Å². The third-order valence-electron chi connectivity index (χ3n) is 4.29. The molecule has 0 nitrogen and oxygen atoms in total. The molecule has 4 radical (unpaired) electrons. The lowest BCUT2D eigenvalue weighted by molar-refractivity contribution is 0.509. The Balaban J connectivity index is 0.00000227. The van der Waals surface area contributed by atoms with E-state index >= 15 is 0 Å². The predicted octanol–water partition coefficient (Wildman–Crippen LogP) is 7.37. The topological polar surface area (TPSA) is 0 Å². The largest absolute Gasteiger partial charge is 0.203 e. The van der Waals surface area contributed by atoms with Gasteiger partial charge in [-0.05, 0) is 43.6 Å². The van der Waals surface area contributed by atoms with Gasteiger partial charge in [-0.1, -0.05) is 93.1 Å². The summed E-state index contributed by atoms with van der Waals surface area (Å²) in [4.78, 5) is 0.498. The summed E-state index contributed by atoms with van der Waals surface area (Å²) in [6.07, 6.45) is 11.1. The molecule has 0 N–H and O–H groups in total. The van der Waals surface area contributed by atoms with E-state index in [4.69, 9.17) is 15.7 Å². The molecule has 1 heterocycles. The van der Waals surface area contributed by atoms with Crippen molar-refractivity contribution >= 4 is 42.8 Å². The molecular formula is C27H32B2F2S. The van der Waals surface area contributed by atoms with Crippen LogP contribution in [0.1, 0.15) is 54.0 Å². The molecule has 0 saturated carbocycles. The molecule has 0 aliphatic heterocycles. The number of benzene rings is 1. The van der Waals surface area contributed by atoms with E-state index in [1.165, 1.54) is 0 Å². The summed E-state index contributed by atoms with van der Waals surface area (Å²) in [6.45, 7) is 17.4. The lowest BCUT2D eigenvalue weighted by Crippen LogP contribution is -2.18. The van der Waals surface area contributed by atoms with Gasteiger partial charge in [0.2, 0.25) is 0 Å². The molecule has 166 valence electrons. The Morgan fingerprint density at radius 1 is 0.969 bits per heavy atom. The highest BCUT2D eigenvalue weighted by Gasteiger charge is 2.17. The highest BCUT2D eigenvalue weighted by atomic mass is 32.1. The van der Waals surface area contributed by atoms with E-state index in [9.17, 15) is 8.78 Å². The third kappa shape index (κ3) is 7.94. The zero-order valence-electron chi connectivity index (χ0n) is 20.2. The molecule has 0 aliphatic rings. The second-order valence-corrected chi connectivity index (χ2v) is 7.35. The van der Waals surface area contributed by atoms with E-state index in [1.807, 2.05) is 65.8 Å². The Kier molecular flexibility index (Phi) is 14.3. The molecule has 1 aromatic carbocycles. The minimum Gasteiger partial charge on any atom is -0.203 e. The summed E-state index contributed by atoms with van der Waals surface area (Å²) < 4.78 is 29.7. The first kappa shape index (κ1) is 29.6. The van der Waals surface area contributed by atoms with Crippen LogP contribution in [0.4, 0.5) is 8.78 Å². The maximum absolute atomic E-state index is 14.7. The summed E-state index contributed by atoms with van der Waals surface area (Å²) >= 11 is 1.13. The number of hydrogen-bond donors (Lipinski definition) is 0. The SMILES string of the molecule is CC.CC.[B]c1cc(-c2ccc(/C(C)=C/C=C(C=C)/C(C)=C/C=C\C)c(F)c2F)sc1[B]. The van der Waals surface area contributed by atoms with Gasteiger partial charge in [-0.3, -0.25) is 0 Å². The number of hydrogen-bond acceptors (Lipinski definition) is 1. The lowest BCUT2D eigenvalue weighted by atomic mass is 9.88. The molecule has 0 spiro atoms. The highest BCUT2D eigenvalue weighted by molar-refractivity contribution is 7.24. The fraction of sp³-hybridized carbons (Fsp3) is 0.259. The summed E-state index contributed by atoms with van der Waals surface area (Å²) in [6, 6.07) is 4.67. The second kappa shape index (κ2) is 15.4. The van der Waals surface area contributed by atoms with Crippen LogP contribution in [-0.4, -0.2) is 15.7 Å². The van der Waals surface area contributed by atoms with Gasteiger partial charge >= 0.3 is 0 Å². The van der Waals surface area contributed by atoms with Crippen LogP contribution in [0.5, 0.6) is 0 Å². The van der Waals surface area contributed by atoms with Gasteiger partial charge in [0.1, 0.15) is 15.7 Å². The van der Waals surface area contributed by atoms with Crippen LogP contribution in [0.2, 0.25) is 0 Å². The van der Waals surface area contributed by atoms with Gasteiger partial charge in [-0.25, -0.2) is 8.78 Å². The van der Waals surface area contributed by atoms with Gasteiger partial charge in [-0.15, -0.1) is 0 Å². The van der Waals surface area contributed by atoms with Gasteiger partial charge in [0, 0.05) is 16.0 Å². The van der Waals surface area contributed by atoms with Gasteiger partial charge in [0.25, 0.3) is 0 Å². The zero-order chi connectivity index (χ0) is 24.8. The molecule has 2 aromatic rings. The van der Waals surface area contributed by atoms with Gasteiger partial charge in [0.05, 0.1) is 0 Å². The molecule has 0 atom stereocenters. The van der Waals surface area contributed by atoms with Crippen molar-refractivity contribution in [3.8, 4) is 10.4 Å². The number of allylic oxidation sites excluding steroid dienone is 9. The molecule has 2 rings (SSSR count).